The van der Waals surface area contributed by atoms with Gasteiger partial charge in [-0.1, -0.05) is 18.2 Å². The molecule has 0 saturated carbocycles. The van der Waals surface area contributed by atoms with E-state index >= 15 is 0 Å². The van der Waals surface area contributed by atoms with Crippen molar-refractivity contribution in [3.8, 4) is 0 Å². The molecule has 1 amide bonds. The summed E-state index contributed by atoms with van der Waals surface area (Å²) in [5.74, 6) is 0.500. The summed E-state index contributed by atoms with van der Waals surface area (Å²) in [4.78, 5) is 13.3. The molecule has 0 aliphatic carbocycles. The molecule has 1 aromatic rings. The number of thioether (sulfide) groups is 1. The predicted molar refractivity (Wildman–Crippen MR) is 72.7 cm³/mol. The van der Waals surface area contributed by atoms with Crippen molar-refractivity contribution >= 4 is 29.3 Å². The molecule has 2 nitrogen and oxygen atoms in total. The first-order valence-corrected chi connectivity index (χ1v) is 7.06. The summed E-state index contributed by atoms with van der Waals surface area (Å²) in [6.45, 7) is 3.87. The summed E-state index contributed by atoms with van der Waals surface area (Å²) in [7, 11) is 0. The third-order valence-electron chi connectivity index (χ3n) is 2.74. The average Bonchev–Trinajstić information content (AvgIpc) is 2.72. The fourth-order valence-electron chi connectivity index (χ4n) is 1.78. The molecule has 1 aromatic carbocycles. The van der Waals surface area contributed by atoms with Gasteiger partial charge >= 0.3 is 0 Å². The Bertz CT molecular complexity index is 408. The Morgan fingerprint density at radius 3 is 2.88 bits per heavy atom. The normalized spacial score (nSPS) is 18.9. The first-order chi connectivity index (χ1) is 8.02. The number of nitrogens with one attached hydrogen (secondary N) is 1. The van der Waals surface area contributed by atoms with Crippen molar-refractivity contribution in [3.05, 3.63) is 29.8 Å². The zero-order chi connectivity index (χ0) is 12.5. The van der Waals surface area contributed by atoms with Crippen LogP contribution in [0.4, 0.5) is 0 Å². The minimum Gasteiger partial charge on any atom is -0.349 e. The highest BCUT2D eigenvalue weighted by molar-refractivity contribution is 8.01. The highest BCUT2D eigenvalue weighted by Crippen LogP contribution is 2.36. The number of carbonyl (C=O) groups excluding carboxylic acids is 1. The molecule has 0 bridgehead atoms. The van der Waals surface area contributed by atoms with Crippen LogP contribution in [0.2, 0.25) is 0 Å². The molecule has 1 heterocycles. The van der Waals surface area contributed by atoms with E-state index in [2.05, 4.69) is 17.4 Å². The molecule has 0 spiro atoms. The number of carbonyl (C=O) groups is 1. The van der Waals surface area contributed by atoms with Gasteiger partial charge in [-0.2, -0.15) is 0 Å². The Morgan fingerprint density at radius 1 is 1.53 bits per heavy atom. The number of rotatable bonds is 3. The van der Waals surface area contributed by atoms with Gasteiger partial charge in [0.05, 0.1) is 5.25 Å². The molecule has 92 valence electrons. The van der Waals surface area contributed by atoms with Gasteiger partial charge in [-0.05, 0) is 31.9 Å². The van der Waals surface area contributed by atoms with Crippen molar-refractivity contribution in [1.82, 2.24) is 5.32 Å². The number of amides is 1. The van der Waals surface area contributed by atoms with Crippen molar-refractivity contribution in [3.63, 3.8) is 0 Å². The fraction of sp³-hybridized carbons (Fsp3) is 0.462. The number of halogens is 1. The van der Waals surface area contributed by atoms with Crippen molar-refractivity contribution in [2.75, 3.05) is 5.88 Å². The van der Waals surface area contributed by atoms with E-state index in [0.717, 1.165) is 6.42 Å². The van der Waals surface area contributed by atoms with E-state index in [1.54, 1.807) is 11.8 Å². The lowest BCUT2D eigenvalue weighted by atomic mass is 10.1. The van der Waals surface area contributed by atoms with Crippen LogP contribution < -0.4 is 5.32 Å². The summed E-state index contributed by atoms with van der Waals surface area (Å²) in [6.07, 6.45) is 0.811. The molecule has 17 heavy (non-hydrogen) atoms. The van der Waals surface area contributed by atoms with Gasteiger partial charge in [0.25, 0.3) is 0 Å². The van der Waals surface area contributed by atoms with E-state index in [9.17, 15) is 4.79 Å². The number of fused-ring (bicyclic) bond motifs is 1. The van der Waals surface area contributed by atoms with Crippen LogP contribution in [-0.2, 0) is 11.2 Å². The topological polar surface area (TPSA) is 29.1 Å². The van der Waals surface area contributed by atoms with Gasteiger partial charge < -0.3 is 5.32 Å². The molecule has 4 heteroatoms. The Labute approximate surface area is 111 Å². The van der Waals surface area contributed by atoms with Crippen LogP contribution in [0.5, 0.6) is 0 Å². The minimum absolute atomic E-state index is 0.0186. The van der Waals surface area contributed by atoms with Gasteiger partial charge in [-0.25, -0.2) is 0 Å². The lowest BCUT2D eigenvalue weighted by Crippen LogP contribution is -2.48. The van der Waals surface area contributed by atoms with E-state index in [-0.39, 0.29) is 16.7 Å². The van der Waals surface area contributed by atoms with E-state index in [1.807, 2.05) is 26.0 Å². The van der Waals surface area contributed by atoms with E-state index in [4.69, 9.17) is 11.6 Å². The number of benzene rings is 1. The zero-order valence-electron chi connectivity index (χ0n) is 10.00. The lowest BCUT2D eigenvalue weighted by molar-refractivity contribution is -0.121. The molecular formula is C13H16ClNOS. The van der Waals surface area contributed by atoms with Crippen LogP contribution >= 0.6 is 23.4 Å². The summed E-state index contributed by atoms with van der Waals surface area (Å²) >= 11 is 7.45. The summed E-state index contributed by atoms with van der Waals surface area (Å²) in [5, 5.41) is 2.97. The second-order valence-electron chi connectivity index (χ2n) is 4.93. The predicted octanol–water partition coefficient (Wildman–Crippen LogP) is 2.84. The van der Waals surface area contributed by atoms with Crippen molar-refractivity contribution < 1.29 is 4.79 Å². The molecule has 1 aliphatic heterocycles. The molecule has 0 radical (unpaired) electrons. The van der Waals surface area contributed by atoms with Crippen molar-refractivity contribution in [1.29, 1.82) is 0 Å². The van der Waals surface area contributed by atoms with Gasteiger partial charge in [-0.3, -0.25) is 4.79 Å². The van der Waals surface area contributed by atoms with Crippen LogP contribution in [0.3, 0.4) is 0 Å². The molecule has 0 aromatic heterocycles. The SMILES string of the molecule is CC(C)(CCl)NC(=O)C1Cc2ccccc2S1. The van der Waals surface area contributed by atoms with E-state index in [1.165, 1.54) is 10.5 Å². The first-order valence-electron chi connectivity index (χ1n) is 5.64. The first kappa shape index (κ1) is 12.8. The maximum absolute atomic E-state index is 12.1. The Kier molecular flexibility index (Phi) is 3.69. The van der Waals surface area contributed by atoms with Gasteiger partial charge in [0.1, 0.15) is 0 Å². The third-order valence-corrected chi connectivity index (χ3v) is 4.72. The lowest BCUT2D eigenvalue weighted by Gasteiger charge is -2.25. The van der Waals surface area contributed by atoms with Crippen LogP contribution in [-0.4, -0.2) is 22.6 Å². The standard InChI is InChI=1S/C13H16ClNOS/c1-13(2,8-14)15-12(16)11-7-9-5-3-4-6-10(9)17-11/h3-6,11H,7-8H2,1-2H3,(H,15,16). The number of hydrogen-bond acceptors (Lipinski definition) is 2. The van der Waals surface area contributed by atoms with E-state index in [0.29, 0.717) is 5.88 Å². The number of alkyl halides is 1. The molecule has 1 aliphatic rings. The molecule has 1 atom stereocenters. The monoisotopic (exact) mass is 269 g/mol. The Balaban J connectivity index is 2.01. The number of hydrogen-bond donors (Lipinski definition) is 1. The summed E-state index contributed by atoms with van der Waals surface area (Å²) < 4.78 is 0. The summed E-state index contributed by atoms with van der Waals surface area (Å²) in [6, 6.07) is 8.18. The van der Waals surface area contributed by atoms with Crippen molar-refractivity contribution in [2.45, 2.75) is 36.0 Å². The average molecular weight is 270 g/mol. The van der Waals surface area contributed by atoms with Gasteiger partial charge in [0.2, 0.25) is 5.91 Å². The van der Waals surface area contributed by atoms with Gasteiger partial charge in [0, 0.05) is 16.3 Å². The third kappa shape index (κ3) is 2.96. The zero-order valence-corrected chi connectivity index (χ0v) is 11.6. The largest absolute Gasteiger partial charge is 0.349 e. The Hall–Kier alpha value is -0.670. The van der Waals surface area contributed by atoms with E-state index < -0.39 is 0 Å². The maximum atomic E-state index is 12.1. The van der Waals surface area contributed by atoms with Gasteiger partial charge in [-0.15, -0.1) is 23.4 Å². The molecule has 2 rings (SSSR count). The van der Waals surface area contributed by atoms with Crippen LogP contribution in [0.25, 0.3) is 0 Å². The molecule has 0 saturated heterocycles. The fourth-order valence-corrected chi connectivity index (χ4v) is 3.04. The molecular weight excluding hydrogens is 254 g/mol. The highest BCUT2D eigenvalue weighted by Gasteiger charge is 2.30. The van der Waals surface area contributed by atoms with Crippen LogP contribution in [0.15, 0.2) is 29.2 Å². The van der Waals surface area contributed by atoms with Crippen LogP contribution in [0, 0.1) is 0 Å². The quantitative estimate of drug-likeness (QED) is 0.855. The molecule has 1 unspecified atom stereocenters. The van der Waals surface area contributed by atoms with Crippen molar-refractivity contribution in [2.24, 2.45) is 0 Å². The van der Waals surface area contributed by atoms with Gasteiger partial charge in [0.15, 0.2) is 0 Å². The highest BCUT2D eigenvalue weighted by atomic mass is 35.5. The minimum atomic E-state index is -0.339. The molecule has 1 N–H and O–H groups in total. The smallest absolute Gasteiger partial charge is 0.234 e. The maximum Gasteiger partial charge on any atom is 0.234 e. The van der Waals surface area contributed by atoms with Crippen LogP contribution in [0.1, 0.15) is 19.4 Å². The Morgan fingerprint density at radius 2 is 2.24 bits per heavy atom. The second kappa shape index (κ2) is 4.91. The summed E-state index contributed by atoms with van der Waals surface area (Å²) in [5.41, 5.74) is 0.926. The second-order valence-corrected chi connectivity index (χ2v) is 6.44. The molecule has 0 fully saturated rings.